The molecule has 0 aliphatic rings. The number of rotatable bonds is 5. The first kappa shape index (κ1) is 14.4. The molecule has 0 saturated carbocycles. The molecule has 0 radical (unpaired) electrons. The number of nitrogens with one attached hydrogen (secondary N) is 1. The minimum Gasteiger partial charge on any atom is -0.313 e. The second-order valence-electron chi connectivity index (χ2n) is 4.60. The Labute approximate surface area is 106 Å². The second kappa shape index (κ2) is 6.31. The Hall–Kier alpha value is -0.670. The molecule has 0 saturated heterocycles. The average molecular weight is 262 g/mol. The number of hydrogen-bond acceptors (Lipinski definition) is 1. The fourth-order valence-corrected chi connectivity index (χ4v) is 2.04. The van der Waals surface area contributed by atoms with Gasteiger partial charge in [0.15, 0.2) is 11.6 Å². The molecule has 4 heteroatoms. The van der Waals surface area contributed by atoms with Gasteiger partial charge in [0.2, 0.25) is 0 Å². The predicted octanol–water partition coefficient (Wildman–Crippen LogP) is 4.31. The maximum atomic E-state index is 13.2. The van der Waals surface area contributed by atoms with Gasteiger partial charge in [0.1, 0.15) is 0 Å². The van der Waals surface area contributed by atoms with Crippen molar-refractivity contribution in [1.29, 1.82) is 0 Å². The Morgan fingerprint density at radius 3 is 2.29 bits per heavy atom. The van der Waals surface area contributed by atoms with Crippen molar-refractivity contribution in [3.05, 3.63) is 34.4 Å². The van der Waals surface area contributed by atoms with Crippen LogP contribution < -0.4 is 5.32 Å². The zero-order chi connectivity index (χ0) is 13.0. The molecule has 1 nitrogen and oxygen atoms in total. The molecular formula is C13H18ClF2N. The summed E-state index contributed by atoms with van der Waals surface area (Å²) in [5.41, 5.74) is 0.619. The van der Waals surface area contributed by atoms with Gasteiger partial charge in [-0.05, 0) is 43.5 Å². The zero-order valence-corrected chi connectivity index (χ0v) is 11.1. The summed E-state index contributed by atoms with van der Waals surface area (Å²) < 4.78 is 26.2. The third-order valence-corrected chi connectivity index (χ3v) is 3.12. The summed E-state index contributed by atoms with van der Waals surface area (Å²) in [7, 11) is 1.79. The molecule has 0 amide bonds. The minimum atomic E-state index is -0.905. The standard InChI is InChI=1S/C13H18ClF2N/c1-8(2)4-5-13(17-3)9-6-11(15)12(16)7-10(9)14/h6-8,13,17H,4-5H2,1-3H3. The first-order valence-electron chi connectivity index (χ1n) is 5.77. The molecule has 1 aromatic carbocycles. The van der Waals surface area contributed by atoms with Crippen LogP contribution >= 0.6 is 11.6 Å². The summed E-state index contributed by atoms with van der Waals surface area (Å²) in [5, 5.41) is 3.36. The van der Waals surface area contributed by atoms with Gasteiger partial charge in [-0.15, -0.1) is 0 Å². The highest BCUT2D eigenvalue weighted by Gasteiger charge is 2.16. The van der Waals surface area contributed by atoms with Gasteiger partial charge in [0.05, 0.1) is 0 Å². The van der Waals surface area contributed by atoms with E-state index in [4.69, 9.17) is 11.6 Å². The Morgan fingerprint density at radius 2 is 1.76 bits per heavy atom. The van der Waals surface area contributed by atoms with Crippen LogP contribution in [0.3, 0.4) is 0 Å². The highest BCUT2D eigenvalue weighted by molar-refractivity contribution is 6.31. The monoisotopic (exact) mass is 261 g/mol. The van der Waals surface area contributed by atoms with E-state index in [1.54, 1.807) is 7.05 Å². The third kappa shape index (κ3) is 3.93. The molecule has 0 bridgehead atoms. The van der Waals surface area contributed by atoms with Crippen molar-refractivity contribution in [3.8, 4) is 0 Å². The topological polar surface area (TPSA) is 12.0 Å². The van der Waals surface area contributed by atoms with Gasteiger partial charge in [-0.2, -0.15) is 0 Å². The molecule has 17 heavy (non-hydrogen) atoms. The summed E-state index contributed by atoms with van der Waals surface area (Å²) in [6, 6.07) is 2.17. The molecule has 0 aliphatic heterocycles. The predicted molar refractivity (Wildman–Crippen MR) is 67.2 cm³/mol. The van der Waals surface area contributed by atoms with Crippen molar-refractivity contribution in [2.75, 3.05) is 7.05 Å². The maximum Gasteiger partial charge on any atom is 0.160 e. The van der Waals surface area contributed by atoms with E-state index in [9.17, 15) is 8.78 Å². The van der Waals surface area contributed by atoms with Crippen LogP contribution in [0.1, 0.15) is 38.3 Å². The quantitative estimate of drug-likeness (QED) is 0.779. The second-order valence-corrected chi connectivity index (χ2v) is 5.01. The molecular weight excluding hydrogens is 244 g/mol. The Kier molecular flexibility index (Phi) is 5.34. The lowest BCUT2D eigenvalue weighted by Crippen LogP contribution is -2.18. The summed E-state index contributed by atoms with van der Waals surface area (Å²) in [6.07, 6.45) is 1.85. The molecule has 0 fully saturated rings. The molecule has 1 aromatic rings. The van der Waals surface area contributed by atoms with Gasteiger partial charge in [-0.3, -0.25) is 0 Å². The molecule has 1 rings (SSSR count). The van der Waals surface area contributed by atoms with E-state index in [-0.39, 0.29) is 11.1 Å². The molecule has 0 heterocycles. The average Bonchev–Trinajstić information content (AvgIpc) is 2.25. The summed E-state index contributed by atoms with van der Waals surface area (Å²) in [5.74, 6) is -1.19. The maximum absolute atomic E-state index is 13.2. The van der Waals surface area contributed by atoms with Crippen LogP contribution in [0.25, 0.3) is 0 Å². The molecule has 1 unspecified atom stereocenters. The largest absolute Gasteiger partial charge is 0.313 e. The van der Waals surface area contributed by atoms with Crippen molar-refractivity contribution in [3.63, 3.8) is 0 Å². The Balaban J connectivity index is 2.91. The number of hydrogen-bond donors (Lipinski definition) is 1. The molecule has 0 spiro atoms. The summed E-state index contributed by atoms with van der Waals surface area (Å²) >= 11 is 5.94. The van der Waals surface area contributed by atoms with Crippen molar-refractivity contribution in [2.45, 2.75) is 32.7 Å². The van der Waals surface area contributed by atoms with Crippen LogP contribution in [-0.2, 0) is 0 Å². The van der Waals surface area contributed by atoms with Crippen LogP contribution in [0.2, 0.25) is 5.02 Å². The van der Waals surface area contributed by atoms with E-state index in [0.717, 1.165) is 18.9 Å². The third-order valence-electron chi connectivity index (χ3n) is 2.80. The molecule has 96 valence electrons. The molecule has 1 atom stereocenters. The summed E-state index contributed by atoms with van der Waals surface area (Å²) in [4.78, 5) is 0. The fraction of sp³-hybridized carbons (Fsp3) is 0.538. The molecule has 1 N–H and O–H groups in total. The normalized spacial score (nSPS) is 13.1. The van der Waals surface area contributed by atoms with Gasteiger partial charge in [0, 0.05) is 11.1 Å². The first-order valence-corrected chi connectivity index (χ1v) is 6.15. The molecule has 0 aliphatic carbocycles. The van der Waals surface area contributed by atoms with Crippen LogP contribution in [0.5, 0.6) is 0 Å². The van der Waals surface area contributed by atoms with Crippen molar-refractivity contribution < 1.29 is 8.78 Å². The lowest BCUT2D eigenvalue weighted by Gasteiger charge is -2.19. The molecule has 0 aromatic heterocycles. The minimum absolute atomic E-state index is 0.0417. The smallest absolute Gasteiger partial charge is 0.160 e. The van der Waals surface area contributed by atoms with Crippen LogP contribution in [0, 0.1) is 17.6 Å². The van der Waals surface area contributed by atoms with Crippen LogP contribution in [0.4, 0.5) is 8.78 Å². The zero-order valence-electron chi connectivity index (χ0n) is 10.4. The highest BCUT2D eigenvalue weighted by Crippen LogP contribution is 2.29. The summed E-state index contributed by atoms with van der Waals surface area (Å²) in [6.45, 7) is 4.25. The van der Waals surface area contributed by atoms with Gasteiger partial charge < -0.3 is 5.32 Å². The van der Waals surface area contributed by atoms with E-state index in [1.165, 1.54) is 6.07 Å². The lowest BCUT2D eigenvalue weighted by atomic mass is 9.97. The Bertz CT molecular complexity index is 380. The SMILES string of the molecule is CNC(CCC(C)C)c1cc(F)c(F)cc1Cl. The van der Waals surface area contributed by atoms with Crippen LogP contribution in [-0.4, -0.2) is 7.05 Å². The van der Waals surface area contributed by atoms with E-state index < -0.39 is 11.6 Å². The Morgan fingerprint density at radius 1 is 1.18 bits per heavy atom. The van der Waals surface area contributed by atoms with Crippen molar-refractivity contribution in [1.82, 2.24) is 5.32 Å². The van der Waals surface area contributed by atoms with Crippen molar-refractivity contribution in [2.24, 2.45) is 5.92 Å². The lowest BCUT2D eigenvalue weighted by molar-refractivity contribution is 0.458. The first-order chi connectivity index (χ1) is 7.95. The van der Waals surface area contributed by atoms with E-state index >= 15 is 0 Å². The van der Waals surface area contributed by atoms with Gasteiger partial charge in [0.25, 0.3) is 0 Å². The number of benzene rings is 1. The van der Waals surface area contributed by atoms with Crippen LogP contribution in [0.15, 0.2) is 12.1 Å². The van der Waals surface area contributed by atoms with Gasteiger partial charge >= 0.3 is 0 Å². The van der Waals surface area contributed by atoms with Gasteiger partial charge in [-0.25, -0.2) is 8.78 Å². The highest BCUT2D eigenvalue weighted by atomic mass is 35.5. The van der Waals surface area contributed by atoms with Gasteiger partial charge in [-0.1, -0.05) is 25.4 Å². The van der Waals surface area contributed by atoms with Crippen molar-refractivity contribution >= 4 is 11.6 Å². The number of halogens is 3. The van der Waals surface area contributed by atoms with E-state index in [1.807, 2.05) is 0 Å². The van der Waals surface area contributed by atoms with E-state index in [0.29, 0.717) is 11.5 Å². The van der Waals surface area contributed by atoms with E-state index in [2.05, 4.69) is 19.2 Å². The fourth-order valence-electron chi connectivity index (χ4n) is 1.76.